The molecule has 0 fully saturated rings. The molecule has 4 aromatic carbocycles. The van der Waals surface area contributed by atoms with E-state index in [4.69, 9.17) is 0 Å². The van der Waals surface area contributed by atoms with Gasteiger partial charge in [0.1, 0.15) is 11.6 Å². The minimum atomic E-state index is -1.22. The highest BCUT2D eigenvalue weighted by atomic mass is 32.1. The third kappa shape index (κ3) is 5.13. The van der Waals surface area contributed by atoms with Crippen molar-refractivity contribution in [1.82, 2.24) is 4.57 Å². The van der Waals surface area contributed by atoms with Gasteiger partial charge in [-0.1, -0.05) is 68.4 Å². The van der Waals surface area contributed by atoms with Gasteiger partial charge in [0, 0.05) is 40.1 Å². The van der Waals surface area contributed by atoms with Gasteiger partial charge in [0.05, 0.1) is 10.6 Å². The molecule has 0 unspecified atom stereocenters. The predicted molar refractivity (Wildman–Crippen MR) is 197 cm³/mol. The SMILES string of the molecule is CCC1(CC)c2cc(-c3ccc(-c4ccc(C=C(C#N)C(=O)O)s4)n3C)ccc2-c2ccc(N(c3ccccc3)c3ccccc3)cc21. The Bertz CT molecular complexity index is 2180. The van der Waals surface area contributed by atoms with Crippen LogP contribution in [-0.4, -0.2) is 15.6 Å². The number of rotatable bonds is 9. The quantitative estimate of drug-likeness (QED) is 0.125. The van der Waals surface area contributed by atoms with Crippen molar-refractivity contribution in [1.29, 1.82) is 5.26 Å². The van der Waals surface area contributed by atoms with E-state index >= 15 is 0 Å². The third-order valence-electron chi connectivity index (χ3n) is 9.77. The number of carboxylic acids is 1. The average molecular weight is 646 g/mol. The zero-order valence-electron chi connectivity index (χ0n) is 27.1. The van der Waals surface area contributed by atoms with Gasteiger partial charge in [-0.25, -0.2) is 4.79 Å². The number of hydrogen-bond donors (Lipinski definition) is 1. The number of para-hydroxylation sites is 2. The first-order chi connectivity index (χ1) is 23.4. The van der Waals surface area contributed by atoms with Crippen molar-refractivity contribution in [3.63, 3.8) is 0 Å². The van der Waals surface area contributed by atoms with Crippen LogP contribution < -0.4 is 4.90 Å². The summed E-state index contributed by atoms with van der Waals surface area (Å²) in [6.07, 6.45) is 3.40. The maximum absolute atomic E-state index is 11.3. The number of hydrogen-bond acceptors (Lipinski definition) is 4. The summed E-state index contributed by atoms with van der Waals surface area (Å²) in [5.74, 6) is -1.22. The van der Waals surface area contributed by atoms with Crippen molar-refractivity contribution < 1.29 is 9.90 Å². The standard InChI is InChI=1S/C42H35N3O2S/c1-4-42(5-2)36-25-28(38-21-22-39(44(38)3)40-23-18-33(48-40)24-29(27-43)41(46)47)16-19-34(36)35-20-17-32(26-37(35)42)45(30-12-8-6-9-13-30)31-14-10-7-11-15-31/h6-26H,4-5H2,1-3H3,(H,46,47). The maximum Gasteiger partial charge on any atom is 0.346 e. The van der Waals surface area contributed by atoms with Crippen molar-refractivity contribution in [2.24, 2.45) is 7.05 Å². The Labute approximate surface area is 285 Å². The van der Waals surface area contributed by atoms with Crippen LogP contribution in [0.25, 0.3) is 39.0 Å². The molecule has 6 heteroatoms. The van der Waals surface area contributed by atoms with E-state index in [9.17, 15) is 15.2 Å². The lowest BCUT2D eigenvalue weighted by molar-refractivity contribution is -0.132. The lowest BCUT2D eigenvalue weighted by atomic mass is 9.73. The first-order valence-electron chi connectivity index (χ1n) is 16.2. The monoisotopic (exact) mass is 645 g/mol. The number of aliphatic carboxylic acids is 1. The molecule has 1 aliphatic carbocycles. The molecular weight excluding hydrogens is 611 g/mol. The van der Waals surface area contributed by atoms with Crippen LogP contribution in [0.3, 0.4) is 0 Å². The van der Waals surface area contributed by atoms with Gasteiger partial charge in [0.15, 0.2) is 0 Å². The molecule has 0 amide bonds. The molecule has 6 aromatic rings. The summed E-state index contributed by atoms with van der Waals surface area (Å²) in [5, 5.41) is 18.5. The molecule has 0 aliphatic heterocycles. The predicted octanol–water partition coefficient (Wildman–Crippen LogP) is 11.0. The van der Waals surface area contributed by atoms with Crippen LogP contribution in [0.4, 0.5) is 17.1 Å². The Morgan fingerprint density at radius 3 is 2.00 bits per heavy atom. The molecular formula is C42H35N3O2S. The van der Waals surface area contributed by atoms with Crippen molar-refractivity contribution >= 4 is 40.4 Å². The van der Waals surface area contributed by atoms with Gasteiger partial charge in [-0.2, -0.15) is 5.26 Å². The fourth-order valence-electron chi connectivity index (χ4n) is 7.30. The fourth-order valence-corrected chi connectivity index (χ4v) is 8.31. The number of aromatic nitrogens is 1. The zero-order chi connectivity index (χ0) is 33.4. The van der Waals surface area contributed by atoms with Crippen molar-refractivity contribution in [2.75, 3.05) is 4.90 Å². The molecule has 0 saturated carbocycles. The summed E-state index contributed by atoms with van der Waals surface area (Å²) in [4.78, 5) is 15.4. The smallest absolute Gasteiger partial charge is 0.346 e. The second kappa shape index (κ2) is 12.5. The number of carbonyl (C=O) groups is 1. The van der Waals surface area contributed by atoms with Gasteiger partial charge in [-0.3, -0.25) is 0 Å². The minimum absolute atomic E-state index is 0.124. The first-order valence-corrected chi connectivity index (χ1v) is 17.0. The van der Waals surface area contributed by atoms with Gasteiger partial charge < -0.3 is 14.6 Å². The molecule has 236 valence electrons. The Morgan fingerprint density at radius 2 is 1.40 bits per heavy atom. The summed E-state index contributed by atoms with van der Waals surface area (Å²) >= 11 is 1.47. The summed E-state index contributed by atoms with van der Waals surface area (Å²) in [6.45, 7) is 4.61. The van der Waals surface area contributed by atoms with Gasteiger partial charge >= 0.3 is 5.97 Å². The largest absolute Gasteiger partial charge is 0.477 e. The van der Waals surface area contributed by atoms with E-state index in [2.05, 4.69) is 140 Å². The number of anilines is 3. The number of fused-ring (bicyclic) bond motifs is 3. The molecule has 2 heterocycles. The molecule has 0 radical (unpaired) electrons. The summed E-state index contributed by atoms with van der Waals surface area (Å²) in [7, 11) is 2.07. The minimum Gasteiger partial charge on any atom is -0.477 e. The molecule has 0 bridgehead atoms. The Kier molecular flexibility index (Phi) is 8.08. The highest BCUT2D eigenvalue weighted by Crippen LogP contribution is 2.55. The van der Waals surface area contributed by atoms with Crippen LogP contribution in [0.2, 0.25) is 0 Å². The van der Waals surface area contributed by atoms with E-state index in [-0.39, 0.29) is 11.0 Å². The molecule has 5 nitrogen and oxygen atoms in total. The molecule has 0 saturated heterocycles. The lowest BCUT2D eigenvalue weighted by Gasteiger charge is -2.32. The Balaban J connectivity index is 1.28. The molecule has 1 N–H and O–H groups in total. The molecule has 48 heavy (non-hydrogen) atoms. The normalized spacial score (nSPS) is 13.1. The van der Waals surface area contributed by atoms with Gasteiger partial charge in [-0.05, 0) is 113 Å². The van der Waals surface area contributed by atoms with Crippen LogP contribution in [0.15, 0.2) is 127 Å². The zero-order valence-corrected chi connectivity index (χ0v) is 28.0. The second-order valence-corrected chi connectivity index (χ2v) is 13.2. The Hall–Kier alpha value is -5.64. The number of nitrogens with zero attached hydrogens (tertiary/aromatic N) is 3. The average Bonchev–Trinajstić information content (AvgIpc) is 3.82. The van der Waals surface area contributed by atoms with Gasteiger partial charge in [-0.15, -0.1) is 11.3 Å². The fraction of sp³-hybridized carbons (Fsp3) is 0.143. The third-order valence-corrected chi connectivity index (χ3v) is 10.8. The van der Waals surface area contributed by atoms with E-state index < -0.39 is 5.97 Å². The molecule has 2 aromatic heterocycles. The molecule has 0 spiro atoms. The topological polar surface area (TPSA) is 69.3 Å². The van der Waals surface area contributed by atoms with E-state index in [1.165, 1.54) is 39.7 Å². The van der Waals surface area contributed by atoms with Gasteiger partial charge in [0.25, 0.3) is 0 Å². The number of nitriles is 1. The van der Waals surface area contributed by atoms with E-state index in [1.807, 2.05) is 12.1 Å². The summed E-state index contributed by atoms with van der Waals surface area (Å²) in [6, 6.07) is 44.9. The highest BCUT2D eigenvalue weighted by Gasteiger charge is 2.41. The van der Waals surface area contributed by atoms with Crippen LogP contribution in [0.1, 0.15) is 42.7 Å². The van der Waals surface area contributed by atoms with Crippen LogP contribution in [0.5, 0.6) is 0 Å². The van der Waals surface area contributed by atoms with Crippen molar-refractivity contribution in [3.05, 3.63) is 143 Å². The molecule has 0 atom stereocenters. The number of carboxylic acid groups (broad SMARTS) is 1. The number of thiophene rings is 1. The van der Waals surface area contributed by atoms with Crippen LogP contribution in [0, 0.1) is 11.3 Å². The van der Waals surface area contributed by atoms with E-state index in [1.54, 1.807) is 6.07 Å². The molecule has 7 rings (SSSR count). The van der Waals surface area contributed by atoms with Crippen LogP contribution >= 0.6 is 11.3 Å². The maximum atomic E-state index is 11.3. The number of benzene rings is 4. The van der Waals surface area contributed by atoms with Crippen molar-refractivity contribution in [2.45, 2.75) is 32.1 Å². The van der Waals surface area contributed by atoms with Gasteiger partial charge in [0.2, 0.25) is 0 Å². The Morgan fingerprint density at radius 1 is 0.792 bits per heavy atom. The van der Waals surface area contributed by atoms with Crippen LogP contribution in [-0.2, 0) is 17.3 Å². The molecule has 1 aliphatic rings. The highest BCUT2D eigenvalue weighted by molar-refractivity contribution is 7.16. The van der Waals surface area contributed by atoms with E-state index in [0.717, 1.165) is 56.6 Å². The summed E-state index contributed by atoms with van der Waals surface area (Å²) < 4.78 is 2.20. The first kappa shape index (κ1) is 31.0. The second-order valence-electron chi connectivity index (χ2n) is 12.1. The lowest BCUT2D eigenvalue weighted by Crippen LogP contribution is -2.23. The summed E-state index contributed by atoms with van der Waals surface area (Å²) in [5.41, 5.74) is 11.6. The van der Waals surface area contributed by atoms with Crippen molar-refractivity contribution in [3.8, 4) is 39.0 Å². The van der Waals surface area contributed by atoms with E-state index in [0.29, 0.717) is 0 Å².